The molecule has 18 heavy (non-hydrogen) atoms. The number of nitrogens with one attached hydrogen (secondary N) is 1. The SMILES string of the molecule is C=CN=C(C=C)NC(=O)c1csc2c1CCCC2. The number of carbonyl (C=O) groups is 1. The molecule has 3 nitrogen and oxygen atoms in total. The molecule has 0 unspecified atom stereocenters. The molecule has 1 N–H and O–H groups in total. The zero-order chi connectivity index (χ0) is 13.0. The van der Waals surface area contributed by atoms with E-state index in [9.17, 15) is 4.79 Å². The second-order valence-corrected chi connectivity index (χ2v) is 5.08. The lowest BCUT2D eigenvalue weighted by Crippen LogP contribution is -2.29. The smallest absolute Gasteiger partial charge is 0.257 e. The highest BCUT2D eigenvalue weighted by Crippen LogP contribution is 2.30. The van der Waals surface area contributed by atoms with Crippen LogP contribution < -0.4 is 5.32 Å². The van der Waals surface area contributed by atoms with Gasteiger partial charge in [-0.1, -0.05) is 13.2 Å². The van der Waals surface area contributed by atoms with Crippen LogP contribution in [0.2, 0.25) is 0 Å². The van der Waals surface area contributed by atoms with Gasteiger partial charge < -0.3 is 5.32 Å². The Labute approximate surface area is 111 Å². The summed E-state index contributed by atoms with van der Waals surface area (Å²) in [6.07, 6.45) is 7.40. The van der Waals surface area contributed by atoms with Gasteiger partial charge >= 0.3 is 0 Å². The Bertz CT molecular complexity index is 514. The fourth-order valence-corrected chi connectivity index (χ4v) is 3.23. The van der Waals surface area contributed by atoms with Crippen LogP contribution in [0.1, 0.15) is 33.6 Å². The predicted molar refractivity (Wildman–Crippen MR) is 76.3 cm³/mol. The molecule has 4 heteroatoms. The highest BCUT2D eigenvalue weighted by Gasteiger charge is 2.20. The maximum Gasteiger partial charge on any atom is 0.257 e. The highest BCUT2D eigenvalue weighted by atomic mass is 32.1. The zero-order valence-corrected chi connectivity index (χ0v) is 11.1. The molecule has 0 spiro atoms. The Hall–Kier alpha value is -1.68. The number of fused-ring (bicyclic) bond motifs is 1. The maximum atomic E-state index is 12.2. The predicted octanol–water partition coefficient (Wildman–Crippen LogP) is 3.08. The molecule has 94 valence electrons. The molecule has 1 heterocycles. The summed E-state index contributed by atoms with van der Waals surface area (Å²) in [6.45, 7) is 7.11. The van der Waals surface area contributed by atoms with Crippen molar-refractivity contribution in [1.82, 2.24) is 5.32 Å². The Balaban J connectivity index is 2.19. The van der Waals surface area contributed by atoms with E-state index in [2.05, 4.69) is 23.5 Å². The molecule has 1 amide bonds. The molecular weight excluding hydrogens is 244 g/mol. The van der Waals surface area contributed by atoms with Gasteiger partial charge in [-0.05, 0) is 37.3 Å². The molecule has 0 saturated carbocycles. The zero-order valence-electron chi connectivity index (χ0n) is 10.2. The van der Waals surface area contributed by atoms with Crippen molar-refractivity contribution < 1.29 is 4.79 Å². The molecule has 0 atom stereocenters. The molecular formula is C14H16N2OS. The fourth-order valence-electron chi connectivity index (χ4n) is 2.10. The lowest BCUT2D eigenvalue weighted by atomic mass is 9.95. The van der Waals surface area contributed by atoms with Crippen LogP contribution in [0.25, 0.3) is 0 Å². The van der Waals surface area contributed by atoms with Crippen LogP contribution in [-0.2, 0) is 12.8 Å². The van der Waals surface area contributed by atoms with Crippen molar-refractivity contribution in [1.29, 1.82) is 0 Å². The van der Waals surface area contributed by atoms with E-state index in [1.807, 2.05) is 5.38 Å². The van der Waals surface area contributed by atoms with Gasteiger partial charge in [0.2, 0.25) is 0 Å². The third kappa shape index (κ3) is 2.59. The normalized spacial score (nSPS) is 14.8. The summed E-state index contributed by atoms with van der Waals surface area (Å²) in [5.74, 6) is 0.334. The minimum atomic E-state index is -0.102. The summed E-state index contributed by atoms with van der Waals surface area (Å²) in [6, 6.07) is 0. The highest BCUT2D eigenvalue weighted by molar-refractivity contribution is 7.10. The van der Waals surface area contributed by atoms with Crippen LogP contribution in [0.15, 0.2) is 35.8 Å². The van der Waals surface area contributed by atoms with Crippen molar-refractivity contribution in [3.8, 4) is 0 Å². The van der Waals surface area contributed by atoms with E-state index in [-0.39, 0.29) is 5.91 Å². The Morgan fingerprint density at radius 3 is 2.89 bits per heavy atom. The van der Waals surface area contributed by atoms with Crippen LogP contribution in [0.4, 0.5) is 0 Å². The molecule has 1 aromatic rings. The quantitative estimate of drug-likeness (QED) is 0.658. The average molecular weight is 260 g/mol. The number of aryl methyl sites for hydroxylation is 1. The van der Waals surface area contributed by atoms with E-state index in [1.165, 1.54) is 35.6 Å². The molecule has 0 aromatic carbocycles. The first kappa shape index (κ1) is 12.8. The number of nitrogens with zero attached hydrogens (tertiary/aromatic N) is 1. The first-order valence-electron chi connectivity index (χ1n) is 5.98. The standard InChI is InChI=1S/C14H16N2OS/c1-3-13(15-4-2)16-14(17)11-9-18-12-8-6-5-7-10(11)12/h3-4,9H,1-2,5-8H2,(H,15,16,17). The molecule has 1 aliphatic rings. The lowest BCUT2D eigenvalue weighted by molar-refractivity contribution is 0.0976. The number of carbonyl (C=O) groups excluding carboxylic acids is 1. The topological polar surface area (TPSA) is 41.5 Å². The van der Waals surface area contributed by atoms with Crippen molar-refractivity contribution in [3.63, 3.8) is 0 Å². The second-order valence-electron chi connectivity index (χ2n) is 4.11. The number of amides is 1. The van der Waals surface area contributed by atoms with E-state index in [4.69, 9.17) is 0 Å². The molecule has 0 radical (unpaired) electrons. The van der Waals surface area contributed by atoms with Gasteiger partial charge in [0, 0.05) is 16.5 Å². The molecule has 0 bridgehead atoms. The minimum absolute atomic E-state index is 0.102. The van der Waals surface area contributed by atoms with Crippen molar-refractivity contribution in [3.05, 3.63) is 46.8 Å². The van der Waals surface area contributed by atoms with Crippen LogP contribution in [0, 0.1) is 0 Å². The monoisotopic (exact) mass is 260 g/mol. The van der Waals surface area contributed by atoms with Crippen LogP contribution in [0.3, 0.4) is 0 Å². The van der Waals surface area contributed by atoms with Crippen LogP contribution in [-0.4, -0.2) is 11.7 Å². The van der Waals surface area contributed by atoms with E-state index in [1.54, 1.807) is 11.3 Å². The van der Waals surface area contributed by atoms with Gasteiger partial charge in [-0.3, -0.25) is 4.79 Å². The number of hydrogen-bond acceptors (Lipinski definition) is 3. The Kier molecular flexibility index (Phi) is 4.10. The van der Waals surface area contributed by atoms with Crippen LogP contribution >= 0.6 is 11.3 Å². The van der Waals surface area contributed by atoms with E-state index in [0.717, 1.165) is 18.4 Å². The van der Waals surface area contributed by atoms with Crippen LogP contribution in [0.5, 0.6) is 0 Å². The summed E-state index contributed by atoms with van der Waals surface area (Å²) in [4.78, 5) is 17.4. The molecule has 0 fully saturated rings. The summed E-state index contributed by atoms with van der Waals surface area (Å²) in [5, 5.41) is 4.69. The minimum Gasteiger partial charge on any atom is -0.307 e. The third-order valence-corrected chi connectivity index (χ3v) is 4.06. The molecule has 1 aliphatic carbocycles. The van der Waals surface area contributed by atoms with Crippen molar-refractivity contribution >= 4 is 23.1 Å². The van der Waals surface area contributed by atoms with E-state index >= 15 is 0 Å². The van der Waals surface area contributed by atoms with Gasteiger partial charge in [0.15, 0.2) is 0 Å². The van der Waals surface area contributed by atoms with Crippen molar-refractivity contribution in [2.75, 3.05) is 0 Å². The second kappa shape index (κ2) is 5.78. The van der Waals surface area contributed by atoms with Crippen molar-refractivity contribution in [2.45, 2.75) is 25.7 Å². The van der Waals surface area contributed by atoms with Gasteiger partial charge in [0.1, 0.15) is 5.84 Å². The van der Waals surface area contributed by atoms with Gasteiger partial charge in [-0.2, -0.15) is 0 Å². The van der Waals surface area contributed by atoms with Gasteiger partial charge in [-0.15, -0.1) is 11.3 Å². The Morgan fingerprint density at radius 1 is 1.39 bits per heavy atom. The van der Waals surface area contributed by atoms with Gasteiger partial charge in [-0.25, -0.2) is 4.99 Å². The Morgan fingerprint density at radius 2 is 2.17 bits per heavy atom. The van der Waals surface area contributed by atoms with E-state index in [0.29, 0.717) is 5.84 Å². The molecule has 0 aliphatic heterocycles. The summed E-state index contributed by atoms with van der Waals surface area (Å²) in [5.41, 5.74) is 2.00. The fraction of sp³-hybridized carbons (Fsp3) is 0.286. The first-order valence-corrected chi connectivity index (χ1v) is 6.86. The number of rotatable bonds is 3. The molecule has 2 rings (SSSR count). The largest absolute Gasteiger partial charge is 0.307 e. The molecule has 1 aromatic heterocycles. The number of amidine groups is 1. The lowest BCUT2D eigenvalue weighted by Gasteiger charge is -2.12. The summed E-state index contributed by atoms with van der Waals surface area (Å²) >= 11 is 1.68. The first-order chi connectivity index (χ1) is 8.76. The van der Waals surface area contributed by atoms with Gasteiger partial charge in [0.05, 0.1) is 5.56 Å². The van der Waals surface area contributed by atoms with E-state index < -0.39 is 0 Å². The molecule has 0 saturated heterocycles. The van der Waals surface area contributed by atoms with Crippen molar-refractivity contribution in [2.24, 2.45) is 4.99 Å². The maximum absolute atomic E-state index is 12.2. The number of hydrogen-bond donors (Lipinski definition) is 1. The summed E-state index contributed by atoms with van der Waals surface area (Å²) in [7, 11) is 0. The number of aliphatic imine (C=N–C) groups is 1. The summed E-state index contributed by atoms with van der Waals surface area (Å²) < 4.78 is 0. The third-order valence-electron chi connectivity index (χ3n) is 2.97. The number of thiophene rings is 1. The van der Waals surface area contributed by atoms with Gasteiger partial charge in [0.25, 0.3) is 5.91 Å². The average Bonchev–Trinajstić information content (AvgIpc) is 2.82.